The number of nitrogens with zero attached hydrogens (tertiary/aromatic N) is 3. The lowest BCUT2D eigenvalue weighted by Gasteiger charge is -2.09. The molecule has 0 amide bonds. The highest BCUT2D eigenvalue weighted by Gasteiger charge is 2.18. The van der Waals surface area contributed by atoms with Crippen LogP contribution >= 0.6 is 0 Å². The van der Waals surface area contributed by atoms with Crippen LogP contribution in [0.4, 0.5) is 0 Å². The maximum atomic E-state index is 13.0. The molecule has 4 aromatic rings. The molecule has 1 N–H and O–H groups in total. The Morgan fingerprint density at radius 3 is 2.58 bits per heavy atom. The normalized spacial score (nSPS) is 10.6. The second-order valence-electron chi connectivity index (χ2n) is 5.66. The van der Waals surface area contributed by atoms with Crippen molar-refractivity contribution in [1.29, 1.82) is 5.26 Å². The molecule has 6 heteroatoms. The molecule has 0 bridgehead atoms. The average Bonchev–Trinajstić information content (AvgIpc) is 3.12. The zero-order valence-electron chi connectivity index (χ0n) is 13.9. The van der Waals surface area contributed by atoms with E-state index >= 15 is 0 Å². The Hall–Kier alpha value is -3.85. The van der Waals surface area contributed by atoms with E-state index in [4.69, 9.17) is 4.74 Å². The molecule has 126 valence electrons. The summed E-state index contributed by atoms with van der Waals surface area (Å²) in [5, 5.41) is 9.59. The summed E-state index contributed by atoms with van der Waals surface area (Å²) in [4.78, 5) is 20.5. The number of ether oxygens (including phenoxy) is 1. The van der Waals surface area contributed by atoms with E-state index in [1.807, 2.05) is 60.7 Å². The van der Waals surface area contributed by atoms with Crippen LogP contribution in [0, 0.1) is 11.3 Å². The molecule has 2 aromatic carbocycles. The molecule has 0 aliphatic rings. The van der Waals surface area contributed by atoms with Crippen molar-refractivity contribution in [3.63, 3.8) is 0 Å². The van der Waals surface area contributed by atoms with Gasteiger partial charge in [0.1, 0.15) is 17.4 Å². The number of methoxy groups -OCH3 is 1. The van der Waals surface area contributed by atoms with Gasteiger partial charge in [0.05, 0.1) is 24.7 Å². The minimum atomic E-state index is -0.418. The van der Waals surface area contributed by atoms with Crippen molar-refractivity contribution >= 4 is 5.78 Å². The second-order valence-corrected chi connectivity index (χ2v) is 5.66. The largest absolute Gasteiger partial charge is 0.496 e. The third-order valence-electron chi connectivity index (χ3n) is 4.22. The van der Waals surface area contributed by atoms with Crippen molar-refractivity contribution in [1.82, 2.24) is 14.4 Å². The van der Waals surface area contributed by atoms with Gasteiger partial charge in [0.15, 0.2) is 0 Å². The van der Waals surface area contributed by atoms with Crippen molar-refractivity contribution in [2.24, 2.45) is 0 Å². The quantitative estimate of drug-likeness (QED) is 0.619. The molecular formula is C20H14N4O2. The number of para-hydroxylation sites is 1. The maximum absolute atomic E-state index is 13.0. The van der Waals surface area contributed by atoms with Crippen LogP contribution < -0.4 is 10.3 Å². The van der Waals surface area contributed by atoms with E-state index in [-0.39, 0.29) is 5.56 Å². The number of hydrogen-bond acceptors (Lipinski definition) is 4. The molecule has 6 nitrogen and oxygen atoms in total. The number of aromatic amines is 1. The van der Waals surface area contributed by atoms with Gasteiger partial charge >= 0.3 is 0 Å². The third-order valence-corrected chi connectivity index (χ3v) is 4.22. The lowest BCUT2D eigenvalue weighted by atomic mass is 10.1. The average molecular weight is 342 g/mol. The number of nitrogens with one attached hydrogen (secondary N) is 1. The molecule has 0 saturated heterocycles. The highest BCUT2D eigenvalue weighted by Crippen LogP contribution is 2.30. The molecule has 2 heterocycles. The SMILES string of the molecule is COc1ccccc1-c1cnc2[nH]c(-c3ccccc3)c(C#N)c(=O)n12. The van der Waals surface area contributed by atoms with Crippen molar-refractivity contribution in [2.75, 3.05) is 7.11 Å². The van der Waals surface area contributed by atoms with Gasteiger partial charge in [0, 0.05) is 5.56 Å². The van der Waals surface area contributed by atoms with E-state index in [2.05, 4.69) is 9.97 Å². The van der Waals surface area contributed by atoms with Crippen LogP contribution in [-0.4, -0.2) is 21.5 Å². The van der Waals surface area contributed by atoms with Crippen LogP contribution in [0.5, 0.6) is 5.75 Å². The molecule has 0 saturated carbocycles. The maximum Gasteiger partial charge on any atom is 0.278 e. The number of nitriles is 1. The Morgan fingerprint density at radius 2 is 1.85 bits per heavy atom. The highest BCUT2D eigenvalue weighted by atomic mass is 16.5. The zero-order valence-corrected chi connectivity index (χ0v) is 13.9. The summed E-state index contributed by atoms with van der Waals surface area (Å²) >= 11 is 0. The van der Waals surface area contributed by atoms with Gasteiger partial charge in [-0.15, -0.1) is 0 Å². The van der Waals surface area contributed by atoms with Crippen molar-refractivity contribution in [3.8, 4) is 34.3 Å². The number of benzene rings is 2. The summed E-state index contributed by atoms with van der Waals surface area (Å²) in [7, 11) is 1.57. The van der Waals surface area contributed by atoms with Crippen molar-refractivity contribution < 1.29 is 4.74 Å². The monoisotopic (exact) mass is 342 g/mol. The predicted octanol–water partition coefficient (Wildman–Crippen LogP) is 3.24. The number of H-pyrrole nitrogens is 1. The lowest BCUT2D eigenvalue weighted by molar-refractivity contribution is 0.416. The van der Waals surface area contributed by atoms with Crippen LogP contribution in [0.15, 0.2) is 65.6 Å². The summed E-state index contributed by atoms with van der Waals surface area (Å²) < 4.78 is 6.79. The number of hydrogen-bond donors (Lipinski definition) is 1. The molecule has 2 aromatic heterocycles. The molecular weight excluding hydrogens is 328 g/mol. The first-order valence-electron chi connectivity index (χ1n) is 7.97. The fraction of sp³-hybridized carbons (Fsp3) is 0.0500. The van der Waals surface area contributed by atoms with E-state index in [0.717, 1.165) is 11.1 Å². The molecule has 0 fully saturated rings. The van der Waals surface area contributed by atoms with Crippen LogP contribution in [0.1, 0.15) is 5.56 Å². The van der Waals surface area contributed by atoms with E-state index < -0.39 is 5.56 Å². The van der Waals surface area contributed by atoms with Gasteiger partial charge < -0.3 is 9.72 Å². The second kappa shape index (κ2) is 6.22. The van der Waals surface area contributed by atoms with E-state index in [1.165, 1.54) is 4.40 Å². The van der Waals surface area contributed by atoms with Crippen LogP contribution in [0.3, 0.4) is 0 Å². The Labute approximate surface area is 149 Å². The topological polar surface area (TPSA) is 83.2 Å². The number of imidazole rings is 1. The van der Waals surface area contributed by atoms with Gasteiger partial charge in [-0.1, -0.05) is 42.5 Å². The molecule has 0 radical (unpaired) electrons. The fourth-order valence-corrected chi connectivity index (χ4v) is 3.01. The minimum absolute atomic E-state index is 0.0397. The number of fused-ring (bicyclic) bond motifs is 1. The van der Waals surface area contributed by atoms with E-state index in [9.17, 15) is 10.1 Å². The van der Waals surface area contributed by atoms with Gasteiger partial charge in [-0.05, 0) is 17.7 Å². The molecule has 4 rings (SSSR count). The van der Waals surface area contributed by atoms with Gasteiger partial charge in [-0.2, -0.15) is 5.26 Å². The van der Waals surface area contributed by atoms with E-state index in [0.29, 0.717) is 22.9 Å². The summed E-state index contributed by atoms with van der Waals surface area (Å²) in [6.07, 6.45) is 1.60. The van der Waals surface area contributed by atoms with Gasteiger partial charge in [-0.3, -0.25) is 4.79 Å². The molecule has 0 aliphatic heterocycles. The van der Waals surface area contributed by atoms with Gasteiger partial charge in [0.2, 0.25) is 5.78 Å². The standard InChI is InChI=1S/C20H14N4O2/c1-26-17-10-6-5-9-14(17)16-12-22-20-23-18(13-7-3-2-4-8-13)15(11-21)19(25)24(16)20/h2-10,12H,1H3,(H,22,23). The molecule has 0 spiro atoms. The lowest BCUT2D eigenvalue weighted by Crippen LogP contribution is -2.19. The first-order chi connectivity index (χ1) is 12.7. The Kier molecular flexibility index (Phi) is 3.75. The summed E-state index contributed by atoms with van der Waals surface area (Å²) in [5.74, 6) is 0.994. The molecule has 0 unspecified atom stereocenters. The Bertz CT molecular complexity index is 1200. The first-order valence-corrected chi connectivity index (χ1v) is 7.97. The van der Waals surface area contributed by atoms with Crippen LogP contribution in [-0.2, 0) is 0 Å². The third kappa shape index (κ3) is 2.34. The summed E-state index contributed by atoms with van der Waals surface area (Å²) in [6.45, 7) is 0. The molecule has 26 heavy (non-hydrogen) atoms. The number of aromatic nitrogens is 3. The van der Waals surface area contributed by atoms with Crippen molar-refractivity contribution in [3.05, 3.63) is 76.7 Å². The van der Waals surface area contributed by atoms with Crippen LogP contribution in [0.25, 0.3) is 28.3 Å². The molecule has 0 atom stereocenters. The van der Waals surface area contributed by atoms with E-state index in [1.54, 1.807) is 13.3 Å². The Balaban J connectivity index is 2.04. The Morgan fingerprint density at radius 1 is 1.12 bits per heavy atom. The zero-order chi connectivity index (χ0) is 18.1. The first kappa shape index (κ1) is 15.7. The highest BCUT2D eigenvalue weighted by molar-refractivity contribution is 5.72. The minimum Gasteiger partial charge on any atom is -0.496 e. The predicted molar refractivity (Wildman–Crippen MR) is 98.0 cm³/mol. The van der Waals surface area contributed by atoms with Gasteiger partial charge in [-0.25, -0.2) is 9.38 Å². The smallest absolute Gasteiger partial charge is 0.278 e. The summed E-state index contributed by atoms with van der Waals surface area (Å²) in [6, 6.07) is 18.7. The van der Waals surface area contributed by atoms with Crippen molar-refractivity contribution in [2.45, 2.75) is 0 Å². The fourth-order valence-electron chi connectivity index (χ4n) is 3.01. The van der Waals surface area contributed by atoms with Crippen LogP contribution in [0.2, 0.25) is 0 Å². The number of rotatable bonds is 3. The molecule has 0 aliphatic carbocycles. The van der Waals surface area contributed by atoms with Gasteiger partial charge in [0.25, 0.3) is 5.56 Å². The summed E-state index contributed by atoms with van der Waals surface area (Å²) in [5.41, 5.74) is 2.13.